The van der Waals surface area contributed by atoms with Crippen LogP contribution in [-0.4, -0.2) is 19.8 Å². The molecular formula is C14H21NO2. The largest absolute Gasteiger partial charge is 0.486 e. The zero-order valence-corrected chi connectivity index (χ0v) is 10.9. The Morgan fingerprint density at radius 2 is 1.76 bits per heavy atom. The number of ether oxygens (including phenoxy) is 2. The van der Waals surface area contributed by atoms with E-state index in [1.807, 2.05) is 0 Å². The van der Waals surface area contributed by atoms with E-state index in [-0.39, 0.29) is 5.41 Å². The molecule has 94 valence electrons. The molecule has 0 aromatic heterocycles. The Kier molecular flexibility index (Phi) is 3.29. The lowest BCUT2D eigenvalue weighted by molar-refractivity contribution is 0.171. The maximum absolute atomic E-state index is 5.79. The smallest absolute Gasteiger partial charge is 0.161 e. The number of fused-ring (bicyclic) bond motifs is 1. The van der Waals surface area contributed by atoms with Gasteiger partial charge in [0.15, 0.2) is 11.5 Å². The topological polar surface area (TPSA) is 44.5 Å². The van der Waals surface area contributed by atoms with E-state index in [9.17, 15) is 0 Å². The third-order valence-corrected chi connectivity index (χ3v) is 3.22. The minimum atomic E-state index is 0.120. The predicted molar refractivity (Wildman–Crippen MR) is 68.7 cm³/mol. The van der Waals surface area contributed by atoms with E-state index in [0.717, 1.165) is 17.9 Å². The standard InChI is InChI=1S/C14H21NO2/c1-10-6-12-13(17-5-4-16-12)7-11(10)8-14(2,3)9-15/h6-7H,4-5,8-9,15H2,1-3H3. The molecule has 1 heterocycles. The molecule has 1 aliphatic rings. The summed E-state index contributed by atoms with van der Waals surface area (Å²) in [5.74, 6) is 1.73. The van der Waals surface area contributed by atoms with Crippen molar-refractivity contribution < 1.29 is 9.47 Å². The minimum Gasteiger partial charge on any atom is -0.486 e. The maximum Gasteiger partial charge on any atom is 0.161 e. The van der Waals surface area contributed by atoms with Gasteiger partial charge in [0.05, 0.1) is 0 Å². The molecule has 0 bridgehead atoms. The molecule has 1 aromatic rings. The quantitative estimate of drug-likeness (QED) is 0.874. The van der Waals surface area contributed by atoms with Crippen LogP contribution in [0.4, 0.5) is 0 Å². The molecule has 17 heavy (non-hydrogen) atoms. The van der Waals surface area contributed by atoms with Gasteiger partial charge in [-0.3, -0.25) is 0 Å². The summed E-state index contributed by atoms with van der Waals surface area (Å²) >= 11 is 0. The molecule has 2 N–H and O–H groups in total. The van der Waals surface area contributed by atoms with Crippen LogP contribution in [0.2, 0.25) is 0 Å². The lowest BCUT2D eigenvalue weighted by Gasteiger charge is -2.25. The molecule has 0 spiro atoms. The molecule has 0 aliphatic carbocycles. The Balaban J connectivity index is 2.29. The first-order valence-electron chi connectivity index (χ1n) is 6.11. The van der Waals surface area contributed by atoms with Crippen LogP contribution in [-0.2, 0) is 6.42 Å². The molecule has 3 heteroatoms. The summed E-state index contributed by atoms with van der Waals surface area (Å²) < 4.78 is 11.2. The second kappa shape index (κ2) is 4.57. The van der Waals surface area contributed by atoms with Crippen molar-refractivity contribution >= 4 is 0 Å². The molecule has 0 amide bonds. The van der Waals surface area contributed by atoms with Gasteiger partial charge in [-0.2, -0.15) is 0 Å². The maximum atomic E-state index is 5.79. The summed E-state index contributed by atoms with van der Waals surface area (Å²) in [6.07, 6.45) is 0.964. The van der Waals surface area contributed by atoms with E-state index in [4.69, 9.17) is 15.2 Å². The summed E-state index contributed by atoms with van der Waals surface area (Å²) in [6.45, 7) is 8.43. The Bertz CT molecular complexity index is 413. The Morgan fingerprint density at radius 1 is 1.18 bits per heavy atom. The van der Waals surface area contributed by atoms with Crippen LogP contribution in [0, 0.1) is 12.3 Å². The summed E-state index contributed by atoms with van der Waals surface area (Å²) in [6, 6.07) is 4.16. The van der Waals surface area contributed by atoms with Crippen molar-refractivity contribution in [3.8, 4) is 11.5 Å². The number of hydrogen-bond acceptors (Lipinski definition) is 3. The predicted octanol–water partition coefficient (Wildman–Crippen LogP) is 2.29. The third-order valence-electron chi connectivity index (χ3n) is 3.22. The van der Waals surface area contributed by atoms with Gasteiger partial charge in [0, 0.05) is 0 Å². The van der Waals surface area contributed by atoms with E-state index in [0.29, 0.717) is 19.8 Å². The van der Waals surface area contributed by atoms with Crippen LogP contribution in [0.25, 0.3) is 0 Å². The fraction of sp³-hybridized carbons (Fsp3) is 0.571. The second-order valence-corrected chi connectivity index (χ2v) is 5.47. The highest BCUT2D eigenvalue weighted by atomic mass is 16.6. The molecule has 2 rings (SSSR count). The Hall–Kier alpha value is -1.22. The van der Waals surface area contributed by atoms with Crippen LogP contribution < -0.4 is 15.2 Å². The first-order valence-corrected chi connectivity index (χ1v) is 6.11. The van der Waals surface area contributed by atoms with Crippen LogP contribution in [0.3, 0.4) is 0 Å². The molecule has 0 saturated heterocycles. The minimum absolute atomic E-state index is 0.120. The average Bonchev–Trinajstić information content (AvgIpc) is 2.30. The van der Waals surface area contributed by atoms with Crippen molar-refractivity contribution in [2.24, 2.45) is 11.1 Å². The third kappa shape index (κ3) is 2.72. The SMILES string of the molecule is Cc1cc2c(cc1CC(C)(C)CN)OCCO2. The number of nitrogens with two attached hydrogens (primary N) is 1. The van der Waals surface area contributed by atoms with Crippen molar-refractivity contribution in [1.29, 1.82) is 0 Å². The summed E-state index contributed by atoms with van der Waals surface area (Å²) in [5.41, 5.74) is 8.45. The van der Waals surface area contributed by atoms with Gasteiger partial charge in [0.25, 0.3) is 0 Å². The van der Waals surface area contributed by atoms with Gasteiger partial charge >= 0.3 is 0 Å². The number of rotatable bonds is 3. The van der Waals surface area contributed by atoms with Gasteiger partial charge in [-0.1, -0.05) is 13.8 Å². The molecule has 0 radical (unpaired) electrons. The van der Waals surface area contributed by atoms with Crippen molar-refractivity contribution in [2.75, 3.05) is 19.8 Å². The fourth-order valence-corrected chi connectivity index (χ4v) is 2.01. The number of hydrogen-bond donors (Lipinski definition) is 1. The van der Waals surface area contributed by atoms with E-state index in [2.05, 4.69) is 32.9 Å². The number of aryl methyl sites for hydroxylation is 1. The molecule has 0 saturated carbocycles. The van der Waals surface area contributed by atoms with E-state index < -0.39 is 0 Å². The Morgan fingerprint density at radius 3 is 2.35 bits per heavy atom. The molecule has 1 aromatic carbocycles. The van der Waals surface area contributed by atoms with Gasteiger partial charge in [-0.05, 0) is 48.6 Å². The first kappa shape index (κ1) is 12.2. The van der Waals surface area contributed by atoms with Gasteiger partial charge < -0.3 is 15.2 Å². The highest BCUT2D eigenvalue weighted by Crippen LogP contribution is 2.35. The van der Waals surface area contributed by atoms with Crippen molar-refractivity contribution in [2.45, 2.75) is 27.2 Å². The lowest BCUT2D eigenvalue weighted by Crippen LogP contribution is -2.26. The molecular weight excluding hydrogens is 214 g/mol. The Labute approximate surface area is 103 Å². The van der Waals surface area contributed by atoms with Gasteiger partial charge in [-0.15, -0.1) is 0 Å². The van der Waals surface area contributed by atoms with Gasteiger partial charge in [-0.25, -0.2) is 0 Å². The van der Waals surface area contributed by atoms with Crippen molar-refractivity contribution in [3.63, 3.8) is 0 Å². The van der Waals surface area contributed by atoms with Crippen LogP contribution >= 0.6 is 0 Å². The molecule has 0 unspecified atom stereocenters. The van der Waals surface area contributed by atoms with Crippen LogP contribution in [0.1, 0.15) is 25.0 Å². The number of benzene rings is 1. The summed E-state index contributed by atoms with van der Waals surface area (Å²) in [7, 11) is 0. The molecule has 3 nitrogen and oxygen atoms in total. The summed E-state index contributed by atoms with van der Waals surface area (Å²) in [5, 5.41) is 0. The average molecular weight is 235 g/mol. The molecule has 0 fully saturated rings. The van der Waals surface area contributed by atoms with E-state index in [1.165, 1.54) is 11.1 Å². The normalized spacial score (nSPS) is 14.8. The van der Waals surface area contributed by atoms with Crippen LogP contribution in [0.15, 0.2) is 12.1 Å². The highest BCUT2D eigenvalue weighted by molar-refractivity contribution is 5.48. The van der Waals surface area contributed by atoms with Gasteiger partial charge in [0.2, 0.25) is 0 Å². The van der Waals surface area contributed by atoms with E-state index >= 15 is 0 Å². The van der Waals surface area contributed by atoms with Crippen molar-refractivity contribution in [1.82, 2.24) is 0 Å². The second-order valence-electron chi connectivity index (χ2n) is 5.47. The monoisotopic (exact) mass is 235 g/mol. The molecule has 1 aliphatic heterocycles. The van der Waals surface area contributed by atoms with E-state index in [1.54, 1.807) is 0 Å². The van der Waals surface area contributed by atoms with Crippen LogP contribution in [0.5, 0.6) is 11.5 Å². The molecule has 0 atom stereocenters. The first-order chi connectivity index (χ1) is 8.02. The van der Waals surface area contributed by atoms with Crippen molar-refractivity contribution in [3.05, 3.63) is 23.3 Å². The fourth-order valence-electron chi connectivity index (χ4n) is 2.01. The highest BCUT2D eigenvalue weighted by Gasteiger charge is 2.20. The zero-order valence-electron chi connectivity index (χ0n) is 10.9. The lowest BCUT2D eigenvalue weighted by atomic mass is 9.84. The van der Waals surface area contributed by atoms with Gasteiger partial charge in [0.1, 0.15) is 13.2 Å². The zero-order chi connectivity index (χ0) is 12.5. The summed E-state index contributed by atoms with van der Waals surface area (Å²) in [4.78, 5) is 0.